The van der Waals surface area contributed by atoms with Crippen LogP contribution in [0.15, 0.2) is 52.7 Å². The standard InChI is InChI=1S/C17H18O4/c1-4-14(17(18)20-3)16(15-6-5-11-21-15)12-7-9-13(19-2)10-8-12/h5-11H,4H2,1-3H3. The number of hydrogen-bond acceptors (Lipinski definition) is 4. The minimum absolute atomic E-state index is 0.347. The van der Waals surface area contributed by atoms with Crippen LogP contribution in [0.2, 0.25) is 0 Å². The lowest BCUT2D eigenvalue weighted by atomic mass is 9.96. The molecule has 0 radical (unpaired) electrons. The Balaban J connectivity index is 2.60. The number of esters is 1. The average Bonchev–Trinajstić information content (AvgIpc) is 3.06. The summed E-state index contributed by atoms with van der Waals surface area (Å²) in [6, 6.07) is 11.1. The molecule has 2 aromatic rings. The van der Waals surface area contributed by atoms with E-state index in [4.69, 9.17) is 13.9 Å². The van der Waals surface area contributed by atoms with Crippen LogP contribution < -0.4 is 4.74 Å². The molecule has 0 atom stereocenters. The van der Waals surface area contributed by atoms with Crippen LogP contribution in [0, 0.1) is 0 Å². The maximum atomic E-state index is 12.0. The maximum Gasteiger partial charge on any atom is 0.334 e. The van der Waals surface area contributed by atoms with Crippen molar-refractivity contribution in [3.05, 3.63) is 59.6 Å². The third-order valence-electron chi connectivity index (χ3n) is 3.23. The molecule has 1 heterocycles. The molecule has 0 bridgehead atoms. The van der Waals surface area contributed by atoms with Crippen molar-refractivity contribution in [3.8, 4) is 5.75 Å². The molecule has 0 aliphatic rings. The number of ether oxygens (including phenoxy) is 2. The zero-order valence-corrected chi connectivity index (χ0v) is 12.4. The number of methoxy groups -OCH3 is 2. The molecule has 21 heavy (non-hydrogen) atoms. The second kappa shape index (κ2) is 6.79. The van der Waals surface area contributed by atoms with Gasteiger partial charge >= 0.3 is 5.97 Å². The molecule has 0 fully saturated rings. The number of rotatable bonds is 5. The molecule has 0 spiro atoms. The Kier molecular flexibility index (Phi) is 4.82. The van der Waals surface area contributed by atoms with Crippen molar-refractivity contribution in [1.29, 1.82) is 0 Å². The molecule has 0 aliphatic carbocycles. The van der Waals surface area contributed by atoms with Gasteiger partial charge < -0.3 is 13.9 Å². The predicted molar refractivity (Wildman–Crippen MR) is 80.0 cm³/mol. The highest BCUT2D eigenvalue weighted by Crippen LogP contribution is 2.30. The molecule has 2 rings (SSSR count). The van der Waals surface area contributed by atoms with Crippen molar-refractivity contribution in [3.63, 3.8) is 0 Å². The van der Waals surface area contributed by atoms with Gasteiger partial charge in [-0.3, -0.25) is 0 Å². The largest absolute Gasteiger partial charge is 0.497 e. The van der Waals surface area contributed by atoms with Crippen LogP contribution in [-0.4, -0.2) is 20.2 Å². The van der Waals surface area contributed by atoms with Gasteiger partial charge in [-0.2, -0.15) is 0 Å². The second-order valence-corrected chi connectivity index (χ2v) is 4.40. The van der Waals surface area contributed by atoms with Gasteiger partial charge in [0.05, 0.1) is 20.5 Å². The molecule has 110 valence electrons. The minimum atomic E-state index is -0.347. The van der Waals surface area contributed by atoms with Crippen molar-refractivity contribution in [2.45, 2.75) is 13.3 Å². The maximum absolute atomic E-state index is 12.0. The van der Waals surface area contributed by atoms with Crippen LogP contribution in [0.3, 0.4) is 0 Å². The van der Waals surface area contributed by atoms with E-state index in [0.717, 1.165) is 16.9 Å². The summed E-state index contributed by atoms with van der Waals surface area (Å²) in [6.07, 6.45) is 2.14. The number of furan rings is 1. The van der Waals surface area contributed by atoms with E-state index in [2.05, 4.69) is 0 Å². The van der Waals surface area contributed by atoms with E-state index in [1.807, 2.05) is 37.3 Å². The molecule has 4 heteroatoms. The van der Waals surface area contributed by atoms with E-state index in [1.165, 1.54) is 7.11 Å². The van der Waals surface area contributed by atoms with E-state index in [9.17, 15) is 4.79 Å². The molecular formula is C17H18O4. The quantitative estimate of drug-likeness (QED) is 0.621. The highest BCUT2D eigenvalue weighted by atomic mass is 16.5. The summed E-state index contributed by atoms with van der Waals surface area (Å²) in [5.41, 5.74) is 2.21. The summed E-state index contributed by atoms with van der Waals surface area (Å²) < 4.78 is 15.5. The third-order valence-corrected chi connectivity index (χ3v) is 3.23. The zero-order chi connectivity index (χ0) is 15.2. The first kappa shape index (κ1) is 14.9. The van der Waals surface area contributed by atoms with E-state index >= 15 is 0 Å². The molecule has 0 saturated heterocycles. The van der Waals surface area contributed by atoms with Crippen LogP contribution in [0.25, 0.3) is 5.57 Å². The lowest BCUT2D eigenvalue weighted by molar-refractivity contribution is -0.136. The number of carbonyl (C=O) groups excluding carboxylic acids is 1. The summed E-state index contributed by atoms with van der Waals surface area (Å²) in [6.45, 7) is 1.92. The molecule has 0 N–H and O–H groups in total. The first-order valence-corrected chi connectivity index (χ1v) is 6.71. The summed E-state index contributed by atoms with van der Waals surface area (Å²) in [7, 11) is 3.00. The number of benzene rings is 1. The van der Waals surface area contributed by atoms with Crippen molar-refractivity contribution >= 4 is 11.5 Å². The van der Waals surface area contributed by atoms with Gasteiger partial charge in [-0.05, 0) is 36.2 Å². The van der Waals surface area contributed by atoms with Gasteiger partial charge in [0, 0.05) is 11.1 Å². The van der Waals surface area contributed by atoms with Crippen molar-refractivity contribution < 1.29 is 18.7 Å². The van der Waals surface area contributed by atoms with Crippen LogP contribution in [0.1, 0.15) is 24.7 Å². The minimum Gasteiger partial charge on any atom is -0.497 e. The Morgan fingerprint density at radius 1 is 1.14 bits per heavy atom. The topological polar surface area (TPSA) is 48.7 Å². The highest BCUT2D eigenvalue weighted by Gasteiger charge is 2.19. The van der Waals surface area contributed by atoms with Crippen LogP contribution >= 0.6 is 0 Å². The lowest BCUT2D eigenvalue weighted by Crippen LogP contribution is -2.07. The Labute approximate surface area is 124 Å². The Hall–Kier alpha value is -2.49. The van der Waals surface area contributed by atoms with Crippen molar-refractivity contribution in [2.24, 2.45) is 0 Å². The summed E-state index contributed by atoms with van der Waals surface area (Å²) >= 11 is 0. The van der Waals surface area contributed by atoms with Gasteiger partial charge in [0.1, 0.15) is 11.5 Å². The average molecular weight is 286 g/mol. The molecule has 0 amide bonds. The van der Waals surface area contributed by atoms with Gasteiger partial charge in [0.15, 0.2) is 0 Å². The molecule has 0 aliphatic heterocycles. The molecule has 0 saturated carbocycles. The van der Waals surface area contributed by atoms with Gasteiger partial charge in [0.25, 0.3) is 0 Å². The van der Waals surface area contributed by atoms with Crippen molar-refractivity contribution in [2.75, 3.05) is 14.2 Å². The molecule has 1 aromatic carbocycles. The normalized spacial score (nSPS) is 11.8. The van der Waals surface area contributed by atoms with Crippen LogP contribution in [0.4, 0.5) is 0 Å². The summed E-state index contributed by atoms with van der Waals surface area (Å²) in [4.78, 5) is 12.0. The fourth-order valence-electron chi connectivity index (χ4n) is 2.19. The fraction of sp³-hybridized carbons (Fsp3) is 0.235. The second-order valence-electron chi connectivity index (χ2n) is 4.40. The van der Waals surface area contributed by atoms with Gasteiger partial charge in [-0.25, -0.2) is 4.79 Å². The SMILES string of the molecule is CCC(C(=O)OC)=C(c1ccc(OC)cc1)c1ccco1. The first-order chi connectivity index (χ1) is 10.2. The van der Waals surface area contributed by atoms with Gasteiger partial charge in [-0.1, -0.05) is 19.1 Å². The summed E-state index contributed by atoms with van der Waals surface area (Å²) in [5, 5.41) is 0. The molecule has 1 aromatic heterocycles. The van der Waals surface area contributed by atoms with E-state index in [0.29, 0.717) is 17.8 Å². The Morgan fingerprint density at radius 2 is 1.86 bits per heavy atom. The number of carbonyl (C=O) groups is 1. The summed E-state index contributed by atoms with van der Waals surface area (Å²) in [5.74, 6) is 1.05. The highest BCUT2D eigenvalue weighted by molar-refractivity contribution is 6.00. The smallest absolute Gasteiger partial charge is 0.334 e. The van der Waals surface area contributed by atoms with E-state index in [1.54, 1.807) is 19.4 Å². The van der Waals surface area contributed by atoms with E-state index in [-0.39, 0.29) is 5.97 Å². The zero-order valence-electron chi connectivity index (χ0n) is 12.4. The fourth-order valence-corrected chi connectivity index (χ4v) is 2.19. The molecule has 4 nitrogen and oxygen atoms in total. The van der Waals surface area contributed by atoms with Gasteiger partial charge in [-0.15, -0.1) is 0 Å². The van der Waals surface area contributed by atoms with E-state index < -0.39 is 0 Å². The predicted octanol–water partition coefficient (Wildman–Crippen LogP) is 3.67. The first-order valence-electron chi connectivity index (χ1n) is 6.71. The third kappa shape index (κ3) is 3.16. The molecular weight excluding hydrogens is 268 g/mol. The Morgan fingerprint density at radius 3 is 2.33 bits per heavy atom. The molecule has 0 unspecified atom stereocenters. The monoisotopic (exact) mass is 286 g/mol. The van der Waals surface area contributed by atoms with Crippen LogP contribution in [-0.2, 0) is 9.53 Å². The van der Waals surface area contributed by atoms with Gasteiger partial charge in [0.2, 0.25) is 0 Å². The lowest BCUT2D eigenvalue weighted by Gasteiger charge is -2.12. The number of hydrogen-bond donors (Lipinski definition) is 0. The van der Waals surface area contributed by atoms with Crippen molar-refractivity contribution in [1.82, 2.24) is 0 Å². The van der Waals surface area contributed by atoms with Crippen LogP contribution in [0.5, 0.6) is 5.75 Å². The Bertz CT molecular complexity index is 621.